The van der Waals surface area contributed by atoms with Crippen LogP contribution in [0.2, 0.25) is 0 Å². The number of rotatable bonds is 7. The van der Waals surface area contributed by atoms with Crippen molar-refractivity contribution in [1.82, 2.24) is 10.2 Å². The summed E-state index contributed by atoms with van der Waals surface area (Å²) >= 11 is 0. The first-order chi connectivity index (χ1) is 8.10. The van der Waals surface area contributed by atoms with Crippen molar-refractivity contribution in [3.8, 4) is 0 Å². The maximum atomic E-state index is 12.3. The number of hydrogen-bond donors (Lipinski definition) is 1. The van der Waals surface area contributed by atoms with E-state index in [2.05, 4.69) is 5.32 Å². The van der Waals surface area contributed by atoms with Gasteiger partial charge in [-0.15, -0.1) is 0 Å². The van der Waals surface area contributed by atoms with Gasteiger partial charge in [0, 0.05) is 31.2 Å². The van der Waals surface area contributed by atoms with E-state index in [9.17, 15) is 8.78 Å². The van der Waals surface area contributed by atoms with Crippen molar-refractivity contribution in [2.24, 2.45) is 5.41 Å². The minimum absolute atomic E-state index is 0.0340. The standard InChI is InChI=1S/C12H22F2N2O/c1-16(6-11(13)14)8-12(4-5-17-9-12)7-15-10-2-3-10/h10-11,15H,2-9H2,1H3. The number of ether oxygens (including phenoxy) is 1. The van der Waals surface area contributed by atoms with E-state index in [4.69, 9.17) is 4.74 Å². The summed E-state index contributed by atoms with van der Waals surface area (Å²) in [4.78, 5) is 1.73. The number of hydrogen-bond acceptors (Lipinski definition) is 3. The molecule has 1 heterocycles. The van der Waals surface area contributed by atoms with Crippen LogP contribution in [-0.4, -0.2) is 57.3 Å². The van der Waals surface area contributed by atoms with Gasteiger partial charge in [-0.2, -0.15) is 0 Å². The molecule has 0 aromatic carbocycles. The van der Waals surface area contributed by atoms with Crippen molar-refractivity contribution < 1.29 is 13.5 Å². The lowest BCUT2D eigenvalue weighted by Gasteiger charge is -2.32. The molecule has 100 valence electrons. The van der Waals surface area contributed by atoms with Crippen molar-refractivity contribution in [3.05, 3.63) is 0 Å². The lowest BCUT2D eigenvalue weighted by molar-refractivity contribution is 0.0666. The van der Waals surface area contributed by atoms with Gasteiger partial charge in [0.1, 0.15) is 0 Å². The van der Waals surface area contributed by atoms with Gasteiger partial charge in [-0.25, -0.2) is 8.78 Å². The Labute approximate surface area is 101 Å². The van der Waals surface area contributed by atoms with Gasteiger partial charge in [0.2, 0.25) is 0 Å². The zero-order valence-electron chi connectivity index (χ0n) is 10.4. The molecule has 1 aliphatic carbocycles. The molecule has 5 heteroatoms. The van der Waals surface area contributed by atoms with E-state index in [1.807, 2.05) is 0 Å². The molecule has 0 amide bonds. The first-order valence-electron chi connectivity index (χ1n) is 6.37. The third-order valence-electron chi connectivity index (χ3n) is 3.58. The van der Waals surface area contributed by atoms with Crippen molar-refractivity contribution in [2.75, 3.05) is 39.9 Å². The Bertz CT molecular complexity index is 241. The maximum absolute atomic E-state index is 12.3. The lowest BCUT2D eigenvalue weighted by Crippen LogP contribution is -2.45. The molecule has 3 nitrogen and oxygen atoms in total. The third kappa shape index (κ3) is 4.16. The SMILES string of the molecule is CN(CC(F)F)CC1(CNC2CC2)CCOC1. The largest absolute Gasteiger partial charge is 0.381 e. The lowest BCUT2D eigenvalue weighted by atomic mass is 9.86. The van der Waals surface area contributed by atoms with Crippen LogP contribution in [0.15, 0.2) is 0 Å². The molecular formula is C12H22F2N2O. The normalized spacial score (nSPS) is 29.5. The van der Waals surface area contributed by atoms with Crippen LogP contribution in [0, 0.1) is 5.41 Å². The van der Waals surface area contributed by atoms with Crippen LogP contribution in [0.3, 0.4) is 0 Å². The number of alkyl halides is 2. The Morgan fingerprint density at radius 1 is 1.47 bits per heavy atom. The van der Waals surface area contributed by atoms with Crippen molar-refractivity contribution in [1.29, 1.82) is 0 Å². The van der Waals surface area contributed by atoms with Gasteiger partial charge in [0.15, 0.2) is 0 Å². The van der Waals surface area contributed by atoms with Crippen LogP contribution >= 0.6 is 0 Å². The first kappa shape index (κ1) is 13.2. The van der Waals surface area contributed by atoms with Gasteiger partial charge in [-0.3, -0.25) is 0 Å². The van der Waals surface area contributed by atoms with Gasteiger partial charge in [-0.05, 0) is 26.3 Å². The Morgan fingerprint density at radius 3 is 2.76 bits per heavy atom. The smallest absolute Gasteiger partial charge is 0.251 e. The molecule has 1 saturated heterocycles. The second-order valence-corrected chi connectivity index (χ2v) is 5.55. The predicted molar refractivity (Wildman–Crippen MR) is 62.4 cm³/mol. The fourth-order valence-electron chi connectivity index (χ4n) is 2.49. The average Bonchev–Trinajstić information content (AvgIpc) is 2.96. The molecule has 0 aromatic heterocycles. The Morgan fingerprint density at radius 2 is 2.24 bits per heavy atom. The minimum Gasteiger partial charge on any atom is -0.381 e. The highest BCUT2D eigenvalue weighted by Gasteiger charge is 2.37. The summed E-state index contributed by atoms with van der Waals surface area (Å²) in [5, 5.41) is 3.50. The van der Waals surface area contributed by atoms with Crippen LogP contribution in [0.25, 0.3) is 0 Å². The van der Waals surface area contributed by atoms with Crippen molar-refractivity contribution in [3.63, 3.8) is 0 Å². The highest BCUT2D eigenvalue weighted by molar-refractivity contribution is 4.91. The summed E-state index contributed by atoms with van der Waals surface area (Å²) < 4.78 is 30.1. The Kier molecular flexibility index (Phi) is 4.33. The molecule has 0 radical (unpaired) electrons. The summed E-state index contributed by atoms with van der Waals surface area (Å²) in [6, 6.07) is 0.660. The number of nitrogens with zero attached hydrogens (tertiary/aromatic N) is 1. The van der Waals surface area contributed by atoms with Crippen LogP contribution in [-0.2, 0) is 4.74 Å². The molecule has 1 aliphatic heterocycles. The average molecular weight is 248 g/mol. The molecule has 17 heavy (non-hydrogen) atoms. The Hall–Kier alpha value is -0.260. The quantitative estimate of drug-likeness (QED) is 0.736. The fourth-order valence-corrected chi connectivity index (χ4v) is 2.49. The molecule has 2 rings (SSSR count). The zero-order chi connectivity index (χ0) is 12.3. The van der Waals surface area contributed by atoms with E-state index < -0.39 is 6.43 Å². The maximum Gasteiger partial charge on any atom is 0.251 e. The fraction of sp³-hybridized carbons (Fsp3) is 1.00. The van der Waals surface area contributed by atoms with Crippen LogP contribution in [0.4, 0.5) is 8.78 Å². The van der Waals surface area contributed by atoms with E-state index in [0.29, 0.717) is 19.2 Å². The topological polar surface area (TPSA) is 24.5 Å². The molecule has 0 bridgehead atoms. The van der Waals surface area contributed by atoms with E-state index in [1.54, 1.807) is 11.9 Å². The molecule has 1 saturated carbocycles. The summed E-state index contributed by atoms with van der Waals surface area (Å²) in [5.41, 5.74) is 0.0340. The molecular weight excluding hydrogens is 226 g/mol. The molecule has 1 N–H and O–H groups in total. The summed E-state index contributed by atoms with van der Waals surface area (Å²) in [6.45, 7) is 2.89. The third-order valence-corrected chi connectivity index (χ3v) is 3.58. The first-order valence-corrected chi connectivity index (χ1v) is 6.37. The van der Waals surface area contributed by atoms with E-state index >= 15 is 0 Å². The molecule has 0 aromatic rings. The number of halogens is 2. The summed E-state index contributed by atoms with van der Waals surface area (Å²) in [5.74, 6) is 0. The summed E-state index contributed by atoms with van der Waals surface area (Å²) in [6.07, 6.45) is 1.23. The van der Waals surface area contributed by atoms with E-state index in [0.717, 1.165) is 19.6 Å². The van der Waals surface area contributed by atoms with E-state index in [1.165, 1.54) is 12.8 Å². The predicted octanol–water partition coefficient (Wildman–Crippen LogP) is 1.34. The van der Waals surface area contributed by atoms with Gasteiger partial charge in [0.05, 0.1) is 13.2 Å². The minimum atomic E-state index is -2.25. The van der Waals surface area contributed by atoms with Gasteiger partial charge in [-0.1, -0.05) is 0 Å². The highest BCUT2D eigenvalue weighted by atomic mass is 19.3. The van der Waals surface area contributed by atoms with Crippen molar-refractivity contribution in [2.45, 2.75) is 31.7 Å². The molecule has 2 aliphatic rings. The van der Waals surface area contributed by atoms with Crippen LogP contribution in [0.5, 0.6) is 0 Å². The van der Waals surface area contributed by atoms with E-state index in [-0.39, 0.29) is 12.0 Å². The highest BCUT2D eigenvalue weighted by Crippen LogP contribution is 2.30. The number of nitrogens with one attached hydrogen (secondary N) is 1. The second kappa shape index (κ2) is 5.59. The molecule has 1 atom stereocenters. The van der Waals surface area contributed by atoms with Crippen LogP contribution in [0.1, 0.15) is 19.3 Å². The summed E-state index contributed by atoms with van der Waals surface area (Å²) in [7, 11) is 1.77. The second-order valence-electron chi connectivity index (χ2n) is 5.55. The van der Waals surface area contributed by atoms with Crippen molar-refractivity contribution >= 4 is 0 Å². The van der Waals surface area contributed by atoms with Gasteiger partial charge >= 0.3 is 0 Å². The molecule has 2 fully saturated rings. The Balaban J connectivity index is 1.81. The van der Waals surface area contributed by atoms with Gasteiger partial charge < -0.3 is 15.0 Å². The molecule has 1 unspecified atom stereocenters. The van der Waals surface area contributed by atoms with Crippen LogP contribution < -0.4 is 5.32 Å². The zero-order valence-corrected chi connectivity index (χ0v) is 10.4. The monoisotopic (exact) mass is 248 g/mol. The molecule has 0 spiro atoms. The van der Waals surface area contributed by atoms with Gasteiger partial charge in [0.25, 0.3) is 6.43 Å².